The summed E-state index contributed by atoms with van der Waals surface area (Å²) in [5.41, 5.74) is 7.22. The van der Waals surface area contributed by atoms with E-state index in [1.165, 1.54) is 0 Å². The van der Waals surface area contributed by atoms with Crippen molar-refractivity contribution in [2.45, 2.75) is 19.4 Å². The lowest BCUT2D eigenvalue weighted by Crippen LogP contribution is -2.45. The number of rotatable bonds is 6. The van der Waals surface area contributed by atoms with Crippen molar-refractivity contribution < 1.29 is 14.7 Å². The Morgan fingerprint density at radius 1 is 1.38 bits per heavy atom. The van der Waals surface area contributed by atoms with Gasteiger partial charge < -0.3 is 21.1 Å². The lowest BCUT2D eigenvalue weighted by Gasteiger charge is -2.16. The molecule has 0 aliphatic carbocycles. The Balaban J connectivity index is 2.17. The molecule has 6 nitrogen and oxygen atoms in total. The molecule has 0 spiro atoms. The molecule has 2 rings (SSSR count). The summed E-state index contributed by atoms with van der Waals surface area (Å²) in [7, 11) is 0. The van der Waals surface area contributed by atoms with Gasteiger partial charge >= 0.3 is 5.97 Å². The smallest absolute Gasteiger partial charge is 0.326 e. The highest BCUT2D eigenvalue weighted by Crippen LogP contribution is 2.19. The number of carboxylic acids is 1. The fourth-order valence-corrected chi connectivity index (χ4v) is 2.14. The van der Waals surface area contributed by atoms with E-state index in [-0.39, 0.29) is 18.9 Å². The van der Waals surface area contributed by atoms with E-state index < -0.39 is 17.9 Å². The van der Waals surface area contributed by atoms with Crippen LogP contribution in [0.15, 0.2) is 30.5 Å². The Morgan fingerprint density at radius 3 is 2.76 bits per heavy atom. The van der Waals surface area contributed by atoms with E-state index in [1.807, 2.05) is 24.3 Å². The third-order valence-electron chi connectivity index (χ3n) is 3.51. The first kappa shape index (κ1) is 15.1. The maximum absolute atomic E-state index is 11.8. The SMILES string of the molecule is CC(CN)C(=O)NC(Cc1c[nH]c2ccccc12)C(=O)O. The zero-order valence-corrected chi connectivity index (χ0v) is 11.8. The van der Waals surface area contributed by atoms with Crippen molar-refractivity contribution in [3.8, 4) is 0 Å². The van der Waals surface area contributed by atoms with E-state index >= 15 is 0 Å². The Labute approximate surface area is 122 Å². The van der Waals surface area contributed by atoms with Gasteiger partial charge in [-0.25, -0.2) is 4.79 Å². The van der Waals surface area contributed by atoms with E-state index in [9.17, 15) is 14.7 Å². The van der Waals surface area contributed by atoms with Gasteiger partial charge in [-0.2, -0.15) is 0 Å². The second kappa shape index (κ2) is 6.41. The molecular weight excluding hydrogens is 270 g/mol. The van der Waals surface area contributed by atoms with Crippen LogP contribution in [0.4, 0.5) is 0 Å². The highest BCUT2D eigenvalue weighted by molar-refractivity contribution is 5.87. The summed E-state index contributed by atoms with van der Waals surface area (Å²) in [6, 6.07) is 6.67. The number of carboxylic acid groups (broad SMARTS) is 1. The second-order valence-corrected chi connectivity index (χ2v) is 5.10. The van der Waals surface area contributed by atoms with Crippen molar-refractivity contribution in [2.24, 2.45) is 11.7 Å². The molecular formula is C15H19N3O3. The summed E-state index contributed by atoms with van der Waals surface area (Å²) in [5.74, 6) is -1.81. The summed E-state index contributed by atoms with van der Waals surface area (Å²) < 4.78 is 0. The summed E-state index contributed by atoms with van der Waals surface area (Å²) >= 11 is 0. The van der Waals surface area contributed by atoms with Crippen molar-refractivity contribution in [3.05, 3.63) is 36.0 Å². The number of aliphatic carboxylic acids is 1. The van der Waals surface area contributed by atoms with Crippen LogP contribution in [0.1, 0.15) is 12.5 Å². The first-order valence-electron chi connectivity index (χ1n) is 6.81. The minimum Gasteiger partial charge on any atom is -0.480 e. The van der Waals surface area contributed by atoms with Crippen molar-refractivity contribution in [1.82, 2.24) is 10.3 Å². The number of nitrogens with one attached hydrogen (secondary N) is 2. The number of para-hydroxylation sites is 1. The molecule has 0 aliphatic heterocycles. The number of hydrogen-bond acceptors (Lipinski definition) is 3. The van der Waals surface area contributed by atoms with Gasteiger partial charge in [-0.05, 0) is 11.6 Å². The molecule has 2 aromatic rings. The van der Waals surface area contributed by atoms with Gasteiger partial charge in [-0.3, -0.25) is 4.79 Å². The van der Waals surface area contributed by atoms with Gasteiger partial charge in [0.1, 0.15) is 6.04 Å². The van der Waals surface area contributed by atoms with Gasteiger partial charge in [0.15, 0.2) is 0 Å². The van der Waals surface area contributed by atoms with Crippen LogP contribution in [-0.4, -0.2) is 34.6 Å². The molecule has 0 saturated heterocycles. The third-order valence-corrected chi connectivity index (χ3v) is 3.51. The number of carbonyl (C=O) groups is 2. The predicted molar refractivity (Wildman–Crippen MR) is 79.8 cm³/mol. The fraction of sp³-hybridized carbons (Fsp3) is 0.333. The Hall–Kier alpha value is -2.34. The number of benzene rings is 1. The number of aromatic amines is 1. The average Bonchev–Trinajstić information content (AvgIpc) is 2.88. The molecule has 1 aromatic heterocycles. The summed E-state index contributed by atoms with van der Waals surface area (Å²) in [6.45, 7) is 1.85. The number of H-pyrrole nitrogens is 1. The van der Waals surface area contributed by atoms with Crippen LogP contribution in [0, 0.1) is 5.92 Å². The molecule has 1 amide bonds. The predicted octanol–water partition coefficient (Wildman–Crippen LogP) is 0.875. The van der Waals surface area contributed by atoms with Gasteiger partial charge in [0.05, 0.1) is 0 Å². The first-order chi connectivity index (χ1) is 10.0. The zero-order valence-electron chi connectivity index (χ0n) is 11.8. The second-order valence-electron chi connectivity index (χ2n) is 5.10. The van der Waals surface area contributed by atoms with Crippen molar-refractivity contribution in [2.75, 3.05) is 6.54 Å². The minimum absolute atomic E-state index is 0.186. The monoisotopic (exact) mass is 289 g/mol. The number of nitrogens with two attached hydrogens (primary N) is 1. The largest absolute Gasteiger partial charge is 0.480 e. The maximum atomic E-state index is 11.8. The van der Waals surface area contributed by atoms with Gasteiger partial charge in [0.25, 0.3) is 0 Å². The Morgan fingerprint density at radius 2 is 2.10 bits per heavy atom. The van der Waals surface area contributed by atoms with Gasteiger partial charge in [0, 0.05) is 36.0 Å². The molecule has 0 radical (unpaired) electrons. The molecule has 0 bridgehead atoms. The van der Waals surface area contributed by atoms with Crippen LogP contribution in [-0.2, 0) is 16.0 Å². The fourth-order valence-electron chi connectivity index (χ4n) is 2.14. The van der Waals surface area contributed by atoms with Crippen LogP contribution in [0.3, 0.4) is 0 Å². The van der Waals surface area contributed by atoms with Crippen LogP contribution >= 0.6 is 0 Å². The standard InChI is InChI=1S/C15H19N3O3/c1-9(7-16)14(19)18-13(15(20)21)6-10-8-17-12-5-3-2-4-11(10)12/h2-5,8-9,13,17H,6-7,16H2,1H3,(H,18,19)(H,20,21). The van der Waals surface area contributed by atoms with E-state index in [4.69, 9.17) is 5.73 Å². The number of amides is 1. The maximum Gasteiger partial charge on any atom is 0.326 e. The van der Waals surface area contributed by atoms with Crippen molar-refractivity contribution in [3.63, 3.8) is 0 Å². The molecule has 2 unspecified atom stereocenters. The Bertz CT molecular complexity index is 650. The summed E-state index contributed by atoms with van der Waals surface area (Å²) in [6.07, 6.45) is 2.00. The van der Waals surface area contributed by atoms with E-state index in [1.54, 1.807) is 13.1 Å². The number of carbonyl (C=O) groups excluding carboxylic acids is 1. The van der Waals surface area contributed by atoms with Crippen molar-refractivity contribution in [1.29, 1.82) is 0 Å². The molecule has 6 heteroatoms. The van der Waals surface area contributed by atoms with E-state index in [2.05, 4.69) is 10.3 Å². The van der Waals surface area contributed by atoms with E-state index in [0.29, 0.717) is 0 Å². The van der Waals surface area contributed by atoms with E-state index in [0.717, 1.165) is 16.5 Å². The van der Waals surface area contributed by atoms with Gasteiger partial charge in [-0.1, -0.05) is 25.1 Å². The van der Waals surface area contributed by atoms with Gasteiger partial charge in [-0.15, -0.1) is 0 Å². The third kappa shape index (κ3) is 3.41. The molecule has 112 valence electrons. The quantitative estimate of drug-likeness (QED) is 0.633. The normalized spacial score (nSPS) is 13.8. The molecule has 5 N–H and O–H groups in total. The first-order valence-corrected chi connectivity index (χ1v) is 6.81. The number of aromatic nitrogens is 1. The molecule has 21 heavy (non-hydrogen) atoms. The molecule has 1 heterocycles. The van der Waals surface area contributed by atoms with Crippen LogP contribution in [0.5, 0.6) is 0 Å². The highest BCUT2D eigenvalue weighted by Gasteiger charge is 2.23. The molecule has 0 aliphatic rings. The zero-order chi connectivity index (χ0) is 15.4. The van der Waals surface area contributed by atoms with Crippen LogP contribution < -0.4 is 11.1 Å². The van der Waals surface area contributed by atoms with Crippen LogP contribution in [0.2, 0.25) is 0 Å². The lowest BCUT2D eigenvalue weighted by molar-refractivity contribution is -0.142. The summed E-state index contributed by atoms with van der Waals surface area (Å²) in [5, 5.41) is 12.8. The van der Waals surface area contributed by atoms with Crippen molar-refractivity contribution >= 4 is 22.8 Å². The van der Waals surface area contributed by atoms with Gasteiger partial charge in [0.2, 0.25) is 5.91 Å². The van der Waals surface area contributed by atoms with Crippen LogP contribution in [0.25, 0.3) is 10.9 Å². The summed E-state index contributed by atoms with van der Waals surface area (Å²) in [4.78, 5) is 26.3. The number of hydrogen-bond donors (Lipinski definition) is 4. The topological polar surface area (TPSA) is 108 Å². The minimum atomic E-state index is -1.06. The number of fused-ring (bicyclic) bond motifs is 1. The Kier molecular flexibility index (Phi) is 4.59. The average molecular weight is 289 g/mol. The molecule has 2 atom stereocenters. The molecule has 0 saturated carbocycles. The highest BCUT2D eigenvalue weighted by atomic mass is 16.4. The molecule has 1 aromatic carbocycles. The molecule has 0 fully saturated rings. The lowest BCUT2D eigenvalue weighted by atomic mass is 10.0.